The van der Waals surface area contributed by atoms with Crippen molar-refractivity contribution in [2.45, 2.75) is 17.5 Å². The van der Waals surface area contributed by atoms with Crippen LogP contribution in [0.2, 0.25) is 0 Å². The number of non-ortho nitro benzene ring substituents is 1. The van der Waals surface area contributed by atoms with Crippen LogP contribution in [0, 0.1) is 10.1 Å². The lowest BCUT2D eigenvalue weighted by Gasteiger charge is -2.01. The van der Waals surface area contributed by atoms with E-state index >= 15 is 0 Å². The molecule has 136 valence electrons. The molecule has 0 atom stereocenters. The van der Waals surface area contributed by atoms with Crippen LogP contribution >= 0.6 is 23.1 Å². The monoisotopic (exact) mass is 401 g/mol. The second kappa shape index (κ2) is 7.63. The van der Waals surface area contributed by atoms with Crippen molar-refractivity contribution in [2.75, 3.05) is 0 Å². The molecule has 1 aromatic carbocycles. The number of nitro groups is 1. The molecule has 27 heavy (non-hydrogen) atoms. The summed E-state index contributed by atoms with van der Waals surface area (Å²) >= 11 is 3.03. The lowest BCUT2D eigenvalue weighted by Crippen LogP contribution is -2.02. The van der Waals surface area contributed by atoms with Crippen molar-refractivity contribution in [3.8, 4) is 11.5 Å². The van der Waals surface area contributed by atoms with Crippen molar-refractivity contribution >= 4 is 28.8 Å². The Morgan fingerprint density at radius 1 is 1.19 bits per heavy atom. The first-order valence-corrected chi connectivity index (χ1v) is 9.54. The average Bonchev–Trinajstić information content (AvgIpc) is 3.43. The van der Waals surface area contributed by atoms with Gasteiger partial charge in [-0.1, -0.05) is 17.8 Å². The highest BCUT2D eigenvalue weighted by molar-refractivity contribution is 7.98. The van der Waals surface area contributed by atoms with E-state index in [1.165, 1.54) is 23.9 Å². The van der Waals surface area contributed by atoms with Crippen LogP contribution in [0.3, 0.4) is 0 Å². The molecule has 0 aliphatic rings. The van der Waals surface area contributed by atoms with Crippen LogP contribution in [0.1, 0.15) is 10.8 Å². The van der Waals surface area contributed by atoms with Crippen molar-refractivity contribution in [1.82, 2.24) is 30.4 Å². The van der Waals surface area contributed by atoms with Crippen molar-refractivity contribution < 1.29 is 9.34 Å². The maximum Gasteiger partial charge on any atom is 0.269 e. The second-order valence-electron chi connectivity index (χ2n) is 5.29. The summed E-state index contributed by atoms with van der Waals surface area (Å²) in [5, 5.41) is 33.1. The molecule has 0 fully saturated rings. The van der Waals surface area contributed by atoms with Crippen LogP contribution in [0.4, 0.5) is 5.69 Å². The predicted molar refractivity (Wildman–Crippen MR) is 97.2 cm³/mol. The first-order valence-electron chi connectivity index (χ1n) is 7.67. The number of aromatic nitrogens is 6. The van der Waals surface area contributed by atoms with Gasteiger partial charge in [-0.2, -0.15) is 0 Å². The third-order valence-corrected chi connectivity index (χ3v) is 5.30. The largest absolute Gasteiger partial charge is 0.420 e. The van der Waals surface area contributed by atoms with Crippen LogP contribution in [0.25, 0.3) is 11.5 Å². The molecule has 0 saturated heterocycles. The van der Waals surface area contributed by atoms with E-state index in [2.05, 4.69) is 25.7 Å². The molecule has 0 saturated carbocycles. The molecule has 3 heterocycles. The highest BCUT2D eigenvalue weighted by atomic mass is 32.2. The van der Waals surface area contributed by atoms with Gasteiger partial charge in [0, 0.05) is 22.6 Å². The summed E-state index contributed by atoms with van der Waals surface area (Å²) < 4.78 is 7.34. The van der Waals surface area contributed by atoms with Crippen LogP contribution in [0.15, 0.2) is 51.4 Å². The average molecular weight is 401 g/mol. The normalized spacial score (nSPS) is 11.0. The van der Waals surface area contributed by atoms with E-state index in [1.54, 1.807) is 28.2 Å². The third-order valence-electron chi connectivity index (χ3n) is 3.50. The zero-order valence-electron chi connectivity index (χ0n) is 13.6. The SMILES string of the molecule is O=[N+]([O-])c1ccc(-c2nnc(CSc3nnnn3Cc3cccs3)o2)cc1. The van der Waals surface area contributed by atoms with E-state index in [9.17, 15) is 10.1 Å². The van der Waals surface area contributed by atoms with E-state index in [4.69, 9.17) is 4.42 Å². The summed E-state index contributed by atoms with van der Waals surface area (Å²) in [7, 11) is 0. The van der Waals surface area contributed by atoms with Gasteiger partial charge in [-0.3, -0.25) is 10.1 Å². The van der Waals surface area contributed by atoms with Crippen molar-refractivity contribution in [3.63, 3.8) is 0 Å². The van der Waals surface area contributed by atoms with Gasteiger partial charge in [0.15, 0.2) is 0 Å². The summed E-state index contributed by atoms with van der Waals surface area (Å²) in [5.74, 6) is 1.13. The van der Waals surface area contributed by atoms with Gasteiger partial charge in [0.2, 0.25) is 16.9 Å². The number of rotatable bonds is 7. The van der Waals surface area contributed by atoms with Crippen LogP contribution < -0.4 is 0 Å². The first kappa shape index (κ1) is 17.3. The predicted octanol–water partition coefficient (Wildman–Crippen LogP) is 3.03. The molecular formula is C15H11N7O3S2. The third kappa shape index (κ3) is 4.01. The number of hydrogen-bond acceptors (Lipinski definition) is 10. The number of benzene rings is 1. The summed E-state index contributed by atoms with van der Waals surface area (Å²) in [5.41, 5.74) is 0.624. The Bertz CT molecular complexity index is 1040. The molecule has 0 aliphatic heterocycles. The van der Waals surface area contributed by atoms with Crippen LogP contribution in [-0.2, 0) is 12.3 Å². The molecule has 12 heteroatoms. The topological polar surface area (TPSA) is 126 Å². The molecule has 3 aromatic heterocycles. The van der Waals surface area contributed by atoms with Gasteiger partial charge >= 0.3 is 0 Å². The maximum absolute atomic E-state index is 10.7. The molecule has 0 spiro atoms. The van der Waals surface area contributed by atoms with Crippen molar-refractivity contribution in [2.24, 2.45) is 0 Å². The van der Waals surface area contributed by atoms with E-state index in [-0.39, 0.29) is 5.69 Å². The molecule has 0 N–H and O–H groups in total. The number of tetrazole rings is 1. The van der Waals surface area contributed by atoms with E-state index in [1.807, 2.05) is 17.5 Å². The standard InChI is InChI=1S/C15H11N7O3S2/c23-22(24)11-5-3-10(4-6-11)14-17-16-13(25-14)9-27-15-18-19-20-21(15)8-12-2-1-7-26-12/h1-7H,8-9H2. The minimum atomic E-state index is -0.458. The fraction of sp³-hybridized carbons (Fsp3) is 0.133. The quantitative estimate of drug-likeness (QED) is 0.261. The Morgan fingerprint density at radius 3 is 2.78 bits per heavy atom. The smallest absolute Gasteiger partial charge is 0.269 e. The van der Waals surface area contributed by atoms with Crippen molar-refractivity contribution in [3.05, 3.63) is 62.7 Å². The molecule has 0 amide bonds. The van der Waals surface area contributed by atoms with Crippen LogP contribution in [-0.4, -0.2) is 35.3 Å². The number of nitrogens with zero attached hydrogens (tertiary/aromatic N) is 7. The van der Waals surface area contributed by atoms with E-state index < -0.39 is 4.92 Å². The Kier molecular flexibility index (Phi) is 4.89. The highest BCUT2D eigenvalue weighted by Crippen LogP contribution is 2.25. The second-order valence-corrected chi connectivity index (χ2v) is 7.27. The Labute approximate surface area is 160 Å². The van der Waals surface area contributed by atoms with E-state index in [0.717, 1.165) is 4.88 Å². The fourth-order valence-electron chi connectivity index (χ4n) is 2.23. The number of hydrogen-bond donors (Lipinski definition) is 0. The van der Waals surface area contributed by atoms with Crippen LogP contribution in [0.5, 0.6) is 0 Å². The Hall–Kier alpha value is -3.12. The van der Waals surface area contributed by atoms with Gasteiger partial charge in [0.25, 0.3) is 5.69 Å². The van der Waals surface area contributed by atoms with E-state index in [0.29, 0.717) is 34.8 Å². The molecular weight excluding hydrogens is 390 g/mol. The maximum atomic E-state index is 10.7. The summed E-state index contributed by atoms with van der Waals surface area (Å²) in [6.07, 6.45) is 0. The van der Waals surface area contributed by atoms with Gasteiger partial charge < -0.3 is 4.42 Å². The summed E-state index contributed by atoms with van der Waals surface area (Å²) in [4.78, 5) is 11.4. The molecule has 0 bridgehead atoms. The lowest BCUT2D eigenvalue weighted by molar-refractivity contribution is -0.384. The molecule has 0 unspecified atom stereocenters. The minimum absolute atomic E-state index is 0.00613. The van der Waals surface area contributed by atoms with Gasteiger partial charge in [-0.05, 0) is 34.0 Å². The Balaban J connectivity index is 1.42. The lowest BCUT2D eigenvalue weighted by atomic mass is 10.2. The number of thioether (sulfide) groups is 1. The Morgan fingerprint density at radius 2 is 2.04 bits per heavy atom. The number of thiophene rings is 1. The minimum Gasteiger partial charge on any atom is -0.420 e. The molecule has 0 aliphatic carbocycles. The zero-order valence-corrected chi connectivity index (χ0v) is 15.3. The summed E-state index contributed by atoms with van der Waals surface area (Å²) in [6, 6.07) is 9.94. The highest BCUT2D eigenvalue weighted by Gasteiger charge is 2.14. The molecule has 0 radical (unpaired) electrons. The fourth-order valence-corrected chi connectivity index (χ4v) is 3.63. The molecule has 4 aromatic rings. The van der Waals surface area contributed by atoms with Gasteiger partial charge in [-0.15, -0.1) is 26.6 Å². The first-order chi connectivity index (χ1) is 13.2. The molecule has 4 rings (SSSR count). The van der Waals surface area contributed by atoms with Gasteiger partial charge in [-0.25, -0.2) is 4.68 Å². The van der Waals surface area contributed by atoms with Crippen molar-refractivity contribution in [1.29, 1.82) is 0 Å². The zero-order chi connectivity index (χ0) is 18.6. The van der Waals surface area contributed by atoms with Gasteiger partial charge in [0.05, 0.1) is 17.2 Å². The summed E-state index contributed by atoms with van der Waals surface area (Å²) in [6.45, 7) is 0.602. The number of nitro benzene ring substituents is 1. The van der Waals surface area contributed by atoms with Gasteiger partial charge in [0.1, 0.15) is 0 Å². The molecule has 10 nitrogen and oxygen atoms in total.